The zero-order valence-corrected chi connectivity index (χ0v) is 14.7. The van der Waals surface area contributed by atoms with Gasteiger partial charge in [0.15, 0.2) is 11.5 Å². The van der Waals surface area contributed by atoms with Crippen molar-refractivity contribution in [2.75, 3.05) is 11.8 Å². The Kier molecular flexibility index (Phi) is 3.92. The van der Waals surface area contributed by atoms with Crippen molar-refractivity contribution in [1.82, 2.24) is 5.43 Å². The molecule has 2 aliphatic rings. The first-order valence-corrected chi connectivity index (χ1v) is 8.30. The number of halogens is 1. The van der Waals surface area contributed by atoms with Gasteiger partial charge in [0.05, 0.1) is 17.3 Å². The van der Waals surface area contributed by atoms with Crippen LogP contribution >= 0.6 is 15.9 Å². The number of hydrogen-bond acceptors (Lipinski definition) is 5. The zero-order valence-electron chi connectivity index (χ0n) is 13.1. The molecule has 1 saturated heterocycles. The average Bonchev–Trinajstić information content (AvgIpc) is 3.20. The highest BCUT2D eigenvalue weighted by molar-refractivity contribution is 9.10. The number of rotatable bonds is 3. The van der Waals surface area contributed by atoms with Crippen molar-refractivity contribution in [2.45, 2.75) is 0 Å². The number of anilines is 1. The number of nitroso groups, excluding NO2 is 1. The molecule has 0 bridgehead atoms. The minimum Gasteiger partial charge on any atom is -0.454 e. The fraction of sp³-hybridized carbons (Fsp3) is 0.0588. The number of amides is 2. The van der Waals surface area contributed by atoms with Crippen molar-refractivity contribution in [2.24, 2.45) is 0 Å². The van der Waals surface area contributed by atoms with Crippen LogP contribution in [0.2, 0.25) is 0 Å². The van der Waals surface area contributed by atoms with Crippen LogP contribution in [0.15, 0.2) is 46.4 Å². The predicted octanol–water partition coefficient (Wildman–Crippen LogP) is 1.12. The van der Waals surface area contributed by atoms with Gasteiger partial charge in [0, 0.05) is 14.6 Å². The van der Waals surface area contributed by atoms with Gasteiger partial charge in [-0.25, -0.2) is 5.01 Å². The maximum absolute atomic E-state index is 12.6. The third kappa shape index (κ3) is 2.72. The van der Waals surface area contributed by atoms with Gasteiger partial charge in [-0.3, -0.25) is 15.0 Å². The third-order valence-corrected chi connectivity index (χ3v) is 4.46. The van der Waals surface area contributed by atoms with E-state index in [2.05, 4.69) is 21.4 Å². The molecule has 0 aliphatic carbocycles. The Hall–Kier alpha value is -3.20. The Balaban J connectivity index is 1.72. The molecule has 9 heteroatoms. The van der Waals surface area contributed by atoms with Crippen molar-refractivity contribution >= 4 is 45.2 Å². The van der Waals surface area contributed by atoms with Crippen LogP contribution in [-0.4, -0.2) is 18.6 Å². The van der Waals surface area contributed by atoms with Gasteiger partial charge in [-0.05, 0) is 36.4 Å². The number of carbonyl (C=O) groups is 2. The molecule has 2 N–H and O–H groups in total. The molecule has 8 nitrogen and oxygen atoms in total. The molecule has 0 unspecified atom stereocenters. The van der Waals surface area contributed by atoms with Gasteiger partial charge in [-0.2, -0.15) is 0 Å². The van der Waals surface area contributed by atoms with E-state index < -0.39 is 11.8 Å². The second kappa shape index (κ2) is 6.26. The van der Waals surface area contributed by atoms with Crippen LogP contribution in [0, 0.1) is 4.91 Å². The Bertz CT molecular complexity index is 971. The van der Waals surface area contributed by atoms with Crippen LogP contribution in [-0.2, 0) is 9.59 Å². The number of nitrogens with zero attached hydrogens (tertiary/aromatic N) is 1. The Morgan fingerprint density at radius 1 is 1.12 bits per heavy atom. The zero-order chi connectivity index (χ0) is 18.3. The molecule has 2 heterocycles. The fourth-order valence-corrected chi connectivity index (χ4v) is 2.91. The summed E-state index contributed by atoms with van der Waals surface area (Å²) in [6.07, 6.45) is 1.35. The molecule has 0 spiro atoms. The summed E-state index contributed by atoms with van der Waals surface area (Å²) in [6, 6.07) is 9.90. The second-order valence-electron chi connectivity index (χ2n) is 5.51. The topological polar surface area (TPSA) is 98.9 Å². The van der Waals surface area contributed by atoms with Gasteiger partial charge >= 0.3 is 0 Å². The summed E-state index contributed by atoms with van der Waals surface area (Å²) >= 11 is 3.32. The van der Waals surface area contributed by atoms with Crippen molar-refractivity contribution in [3.05, 3.63) is 56.9 Å². The second-order valence-corrected chi connectivity index (χ2v) is 6.43. The lowest BCUT2D eigenvalue weighted by Crippen LogP contribution is -2.56. The van der Waals surface area contributed by atoms with Gasteiger partial charge in [-0.15, -0.1) is 0 Å². The lowest BCUT2D eigenvalue weighted by molar-refractivity contribution is -0.379. The molecule has 0 saturated carbocycles. The lowest BCUT2D eigenvalue weighted by Gasteiger charge is -2.14. The first kappa shape index (κ1) is 16.3. The van der Waals surface area contributed by atoms with E-state index >= 15 is 0 Å². The quantitative estimate of drug-likeness (QED) is 0.576. The van der Waals surface area contributed by atoms with E-state index in [1.54, 1.807) is 35.5 Å². The molecule has 2 aromatic carbocycles. The molecule has 2 aliphatic heterocycles. The normalized spacial score (nSPS) is 17.0. The molecule has 26 heavy (non-hydrogen) atoms. The van der Waals surface area contributed by atoms with Crippen LogP contribution in [0.25, 0.3) is 6.08 Å². The van der Waals surface area contributed by atoms with Crippen molar-refractivity contribution < 1.29 is 24.2 Å². The molecule has 0 aromatic heterocycles. The summed E-state index contributed by atoms with van der Waals surface area (Å²) in [5, 5.41) is 2.94. The van der Waals surface area contributed by atoms with E-state index in [0.717, 1.165) is 9.48 Å². The first-order chi connectivity index (χ1) is 12.6. The fourth-order valence-electron chi connectivity index (χ4n) is 2.65. The van der Waals surface area contributed by atoms with Crippen molar-refractivity contribution in [3.8, 4) is 11.5 Å². The number of hydrazine groups is 1. The van der Waals surface area contributed by atoms with Crippen molar-refractivity contribution in [1.29, 1.82) is 0 Å². The standard InChI is InChI=1S/C17H10BrN3O5/c18-10-1-3-11(4-2-10)21-17(23)12(16(22)19-21)5-9-6-14-15(26-8-25-14)7-13(9)20-24/h1-7H,8H2,(H,19,22)/p+1/b12-5+. The van der Waals surface area contributed by atoms with E-state index in [1.165, 1.54) is 12.1 Å². The Labute approximate surface area is 155 Å². The Morgan fingerprint density at radius 2 is 1.81 bits per heavy atom. The monoisotopic (exact) mass is 416 g/mol. The van der Waals surface area contributed by atoms with Crippen LogP contribution in [0.3, 0.4) is 0 Å². The Morgan fingerprint density at radius 3 is 2.50 bits per heavy atom. The smallest absolute Gasteiger partial charge is 0.282 e. The number of fused-ring (bicyclic) bond motifs is 1. The number of hydrogen-bond donors (Lipinski definition) is 2. The molecule has 1 fully saturated rings. The van der Waals surface area contributed by atoms with Crippen molar-refractivity contribution in [3.63, 3.8) is 0 Å². The molecular weight excluding hydrogens is 406 g/mol. The summed E-state index contributed by atoms with van der Waals surface area (Å²) in [7, 11) is 0. The molecule has 2 aromatic rings. The van der Waals surface area contributed by atoms with Crippen LogP contribution in [0.4, 0.5) is 11.4 Å². The van der Waals surface area contributed by atoms with Crippen LogP contribution in [0.5, 0.6) is 11.5 Å². The molecule has 4 rings (SSSR count). The maximum Gasteiger partial charge on any atom is 0.282 e. The SMILES string of the molecule is O=[NH+]c1cc2c(cc1/C=C1\C(=O)NN(c3ccc(Br)cc3)C1=O)OCO2. The summed E-state index contributed by atoms with van der Waals surface area (Å²) in [4.78, 5) is 36.1. The van der Waals surface area contributed by atoms with E-state index in [4.69, 9.17) is 9.47 Å². The minimum absolute atomic E-state index is 0.0460. The molecule has 0 atom stereocenters. The van der Waals surface area contributed by atoms with Gasteiger partial charge in [0.2, 0.25) is 6.79 Å². The van der Waals surface area contributed by atoms with E-state index in [1.807, 2.05) is 0 Å². The number of benzene rings is 2. The lowest BCUT2D eigenvalue weighted by atomic mass is 10.1. The van der Waals surface area contributed by atoms with Gasteiger partial charge in [-0.1, -0.05) is 15.9 Å². The highest BCUT2D eigenvalue weighted by atomic mass is 79.9. The maximum atomic E-state index is 12.6. The summed E-state index contributed by atoms with van der Waals surface area (Å²) in [5.74, 6) is -0.227. The van der Waals surface area contributed by atoms with Crippen LogP contribution in [0.1, 0.15) is 5.56 Å². The van der Waals surface area contributed by atoms with E-state index in [-0.39, 0.29) is 18.1 Å². The summed E-state index contributed by atoms with van der Waals surface area (Å²) in [6.45, 7) is 0.0460. The number of ether oxygens (including phenoxy) is 2. The minimum atomic E-state index is -0.563. The van der Waals surface area contributed by atoms with E-state index in [9.17, 15) is 14.5 Å². The third-order valence-electron chi connectivity index (χ3n) is 3.93. The summed E-state index contributed by atoms with van der Waals surface area (Å²) in [5.41, 5.74) is 3.45. The van der Waals surface area contributed by atoms with Gasteiger partial charge in [0.1, 0.15) is 5.57 Å². The largest absolute Gasteiger partial charge is 0.454 e. The van der Waals surface area contributed by atoms with Gasteiger partial charge in [0.25, 0.3) is 17.5 Å². The average molecular weight is 417 g/mol. The predicted molar refractivity (Wildman–Crippen MR) is 94.3 cm³/mol. The summed E-state index contributed by atoms with van der Waals surface area (Å²) < 4.78 is 11.3. The van der Waals surface area contributed by atoms with E-state index in [0.29, 0.717) is 22.7 Å². The molecule has 2 amide bonds. The molecule has 130 valence electrons. The molecular formula is C17H11BrN3O5+. The highest BCUT2D eigenvalue weighted by Gasteiger charge is 2.35. The number of nitrogens with one attached hydrogen (secondary N) is 2. The van der Waals surface area contributed by atoms with Gasteiger partial charge < -0.3 is 9.47 Å². The molecule has 0 radical (unpaired) electrons. The van der Waals surface area contributed by atoms with Crippen LogP contribution < -0.4 is 25.1 Å². The first-order valence-electron chi connectivity index (χ1n) is 7.51. The highest BCUT2D eigenvalue weighted by Crippen LogP contribution is 2.36. The number of carbonyl (C=O) groups excluding carboxylic acids is 2.